The summed E-state index contributed by atoms with van der Waals surface area (Å²) in [6, 6.07) is 2.65. The number of hydrogen-bond acceptors (Lipinski definition) is 15. The van der Waals surface area contributed by atoms with E-state index in [1.807, 2.05) is 31.2 Å². The standard InChI is InChI=1S/C35H58N4O14/c1-3-51-19-20-52-21-22-53-27-9-7-26(8-10-27)5-4-6-28(32(43)44)36-11-13-37(29(23-40)33(45)46)14-15-38(30(24-41)34(47)48)16-18-39(17-12-36)31(25-42)35(49)50-2/h7-10,28-31,40-42H,3-6,11-25H2,1-2H3,(H,43,44)(H,45,46)(H,47,48). The van der Waals surface area contributed by atoms with E-state index in [0.29, 0.717) is 51.6 Å². The molecule has 4 unspecified atom stereocenters. The molecule has 2 rings (SSSR count). The van der Waals surface area contributed by atoms with Crippen LogP contribution in [0, 0.1) is 0 Å². The zero-order chi connectivity index (χ0) is 39.2. The topological polar surface area (TPSA) is 240 Å². The lowest BCUT2D eigenvalue weighted by molar-refractivity contribution is -0.151. The van der Waals surface area contributed by atoms with Gasteiger partial charge in [0, 0.05) is 59.0 Å². The maximum atomic E-state index is 12.7. The molecule has 0 amide bonds. The van der Waals surface area contributed by atoms with Crippen LogP contribution < -0.4 is 4.74 Å². The number of esters is 1. The Morgan fingerprint density at radius 2 is 1.04 bits per heavy atom. The minimum absolute atomic E-state index is 0.00542. The summed E-state index contributed by atoms with van der Waals surface area (Å²) in [7, 11) is 1.17. The van der Waals surface area contributed by atoms with Crippen molar-refractivity contribution in [2.24, 2.45) is 0 Å². The maximum Gasteiger partial charge on any atom is 0.325 e. The molecule has 0 aromatic heterocycles. The number of carbonyl (C=O) groups is 4. The summed E-state index contributed by atoms with van der Waals surface area (Å²) in [5.74, 6) is -3.76. The molecule has 1 fully saturated rings. The number of aliphatic hydroxyl groups excluding tert-OH is 3. The van der Waals surface area contributed by atoms with Gasteiger partial charge in [0.25, 0.3) is 0 Å². The first-order valence-electron chi connectivity index (χ1n) is 17.9. The highest BCUT2D eigenvalue weighted by atomic mass is 16.5. The smallest absolute Gasteiger partial charge is 0.325 e. The number of aliphatic carboxylic acids is 3. The molecule has 0 aliphatic carbocycles. The van der Waals surface area contributed by atoms with Crippen molar-refractivity contribution in [1.82, 2.24) is 19.6 Å². The lowest BCUT2D eigenvalue weighted by Crippen LogP contribution is -2.57. The molecule has 0 spiro atoms. The van der Waals surface area contributed by atoms with E-state index in [4.69, 9.17) is 18.9 Å². The van der Waals surface area contributed by atoms with Gasteiger partial charge in [-0.15, -0.1) is 0 Å². The summed E-state index contributed by atoms with van der Waals surface area (Å²) in [6.45, 7) is 2.43. The van der Waals surface area contributed by atoms with E-state index in [1.54, 1.807) is 9.80 Å². The molecule has 53 heavy (non-hydrogen) atoms. The molecule has 1 aromatic carbocycles. The van der Waals surface area contributed by atoms with E-state index in [9.17, 15) is 49.8 Å². The van der Waals surface area contributed by atoms with E-state index in [2.05, 4.69) is 0 Å². The molecule has 1 heterocycles. The SMILES string of the molecule is CCOCCOCCOc1ccc(CCCC(C(=O)O)N2CCN(C(CO)C(=O)O)CCN(C(CO)C(=O)O)CCN(C(CO)C(=O)OC)CC2)cc1. The second-order valence-corrected chi connectivity index (χ2v) is 12.5. The Kier molecular flexibility index (Phi) is 22.0. The van der Waals surface area contributed by atoms with E-state index in [1.165, 1.54) is 16.9 Å². The molecule has 1 aliphatic rings. The number of carboxylic acids is 3. The van der Waals surface area contributed by atoms with Gasteiger partial charge in [-0.1, -0.05) is 12.1 Å². The number of aliphatic hydroxyl groups is 3. The Labute approximate surface area is 310 Å². The van der Waals surface area contributed by atoms with Gasteiger partial charge in [-0.2, -0.15) is 0 Å². The molecule has 1 aliphatic heterocycles. The van der Waals surface area contributed by atoms with Gasteiger partial charge in [0.15, 0.2) is 0 Å². The number of aryl methyl sites for hydroxylation is 1. The van der Waals surface area contributed by atoms with Crippen LogP contribution in [0.15, 0.2) is 24.3 Å². The molecule has 0 bridgehead atoms. The summed E-state index contributed by atoms with van der Waals surface area (Å²) in [5.41, 5.74) is 0.976. The zero-order valence-corrected chi connectivity index (χ0v) is 30.8. The fourth-order valence-corrected chi connectivity index (χ4v) is 6.19. The summed E-state index contributed by atoms with van der Waals surface area (Å²) in [5, 5.41) is 60.1. The van der Waals surface area contributed by atoms with Crippen LogP contribution in [-0.4, -0.2) is 211 Å². The highest BCUT2D eigenvalue weighted by Gasteiger charge is 2.34. The minimum Gasteiger partial charge on any atom is -0.491 e. The van der Waals surface area contributed by atoms with Crippen LogP contribution in [-0.2, 0) is 39.8 Å². The Morgan fingerprint density at radius 1 is 0.623 bits per heavy atom. The van der Waals surface area contributed by atoms with E-state index < -0.39 is 67.9 Å². The van der Waals surface area contributed by atoms with Crippen molar-refractivity contribution in [3.8, 4) is 5.75 Å². The fourth-order valence-electron chi connectivity index (χ4n) is 6.19. The molecule has 6 N–H and O–H groups in total. The van der Waals surface area contributed by atoms with Gasteiger partial charge < -0.3 is 49.6 Å². The average Bonchev–Trinajstić information content (AvgIpc) is 3.13. The first-order valence-corrected chi connectivity index (χ1v) is 17.9. The van der Waals surface area contributed by atoms with E-state index >= 15 is 0 Å². The summed E-state index contributed by atoms with van der Waals surface area (Å²) in [6.07, 6.45) is 1.31. The summed E-state index contributed by atoms with van der Waals surface area (Å²) in [4.78, 5) is 55.7. The molecule has 302 valence electrons. The number of carboxylic acid groups (broad SMARTS) is 3. The lowest BCUT2D eigenvalue weighted by atomic mass is 10.0. The van der Waals surface area contributed by atoms with Crippen molar-refractivity contribution >= 4 is 23.9 Å². The largest absolute Gasteiger partial charge is 0.491 e. The quantitative estimate of drug-likeness (QED) is 0.0552. The minimum atomic E-state index is -1.35. The first kappa shape index (κ1) is 45.7. The second-order valence-electron chi connectivity index (χ2n) is 12.5. The van der Waals surface area contributed by atoms with Crippen molar-refractivity contribution < 1.29 is 68.8 Å². The van der Waals surface area contributed by atoms with Crippen LogP contribution in [0.5, 0.6) is 5.75 Å². The van der Waals surface area contributed by atoms with Crippen LogP contribution in [0.1, 0.15) is 25.3 Å². The predicted octanol–water partition coefficient (Wildman–Crippen LogP) is -1.46. The number of hydrogen-bond donors (Lipinski definition) is 6. The van der Waals surface area contributed by atoms with Gasteiger partial charge in [-0.05, 0) is 43.9 Å². The van der Waals surface area contributed by atoms with E-state index in [-0.39, 0.29) is 58.8 Å². The number of benzene rings is 1. The molecule has 0 saturated carbocycles. The Hall–Kier alpha value is -3.46. The van der Waals surface area contributed by atoms with Crippen LogP contribution in [0.4, 0.5) is 0 Å². The molecule has 1 saturated heterocycles. The number of carbonyl (C=O) groups excluding carboxylic acids is 1. The molecular formula is C35H58N4O14. The Balaban J connectivity index is 2.25. The molecule has 4 atom stereocenters. The molecule has 18 heteroatoms. The Bertz CT molecular complexity index is 1230. The second kappa shape index (κ2) is 25.5. The fraction of sp³-hybridized carbons (Fsp3) is 0.714. The molecule has 1 aromatic rings. The van der Waals surface area contributed by atoms with Crippen molar-refractivity contribution in [2.75, 3.05) is 112 Å². The maximum absolute atomic E-state index is 12.7. The summed E-state index contributed by atoms with van der Waals surface area (Å²) >= 11 is 0. The van der Waals surface area contributed by atoms with Crippen molar-refractivity contribution in [3.63, 3.8) is 0 Å². The third-order valence-corrected chi connectivity index (χ3v) is 9.25. The van der Waals surface area contributed by atoms with Crippen LogP contribution in [0.2, 0.25) is 0 Å². The number of rotatable bonds is 23. The number of nitrogens with zero attached hydrogens (tertiary/aromatic N) is 4. The molecule has 0 radical (unpaired) electrons. The normalized spacial score (nSPS) is 18.2. The third-order valence-electron chi connectivity index (χ3n) is 9.25. The van der Waals surface area contributed by atoms with Gasteiger partial charge in [0.1, 0.15) is 36.5 Å². The monoisotopic (exact) mass is 758 g/mol. The van der Waals surface area contributed by atoms with Gasteiger partial charge in [-0.3, -0.25) is 38.8 Å². The van der Waals surface area contributed by atoms with Gasteiger partial charge in [-0.25, -0.2) is 0 Å². The number of ether oxygens (including phenoxy) is 4. The van der Waals surface area contributed by atoms with Crippen molar-refractivity contribution in [3.05, 3.63) is 29.8 Å². The third kappa shape index (κ3) is 15.8. The van der Waals surface area contributed by atoms with Crippen LogP contribution >= 0.6 is 0 Å². The van der Waals surface area contributed by atoms with Crippen LogP contribution in [0.3, 0.4) is 0 Å². The van der Waals surface area contributed by atoms with Crippen molar-refractivity contribution in [1.29, 1.82) is 0 Å². The molecular weight excluding hydrogens is 700 g/mol. The van der Waals surface area contributed by atoms with E-state index in [0.717, 1.165) is 5.56 Å². The lowest BCUT2D eigenvalue weighted by Gasteiger charge is -2.39. The van der Waals surface area contributed by atoms with Crippen molar-refractivity contribution in [2.45, 2.75) is 50.4 Å². The van der Waals surface area contributed by atoms with Gasteiger partial charge in [0.2, 0.25) is 0 Å². The molecule has 18 nitrogen and oxygen atoms in total. The summed E-state index contributed by atoms with van der Waals surface area (Å²) < 4.78 is 21.3. The van der Waals surface area contributed by atoms with Crippen LogP contribution in [0.25, 0.3) is 0 Å². The highest BCUT2D eigenvalue weighted by Crippen LogP contribution is 2.18. The average molecular weight is 759 g/mol. The van der Waals surface area contributed by atoms with Gasteiger partial charge in [0.05, 0.1) is 46.8 Å². The predicted molar refractivity (Wildman–Crippen MR) is 190 cm³/mol. The highest BCUT2D eigenvalue weighted by molar-refractivity contribution is 5.76. The first-order chi connectivity index (χ1) is 25.5. The Morgan fingerprint density at radius 3 is 1.45 bits per heavy atom. The number of methoxy groups -OCH3 is 1. The van der Waals surface area contributed by atoms with Gasteiger partial charge >= 0.3 is 23.9 Å². The zero-order valence-electron chi connectivity index (χ0n) is 30.8.